The normalized spacial score (nSPS) is 48.5. The van der Waals surface area contributed by atoms with Crippen molar-refractivity contribution in [2.24, 2.45) is 0 Å². The van der Waals surface area contributed by atoms with E-state index in [1.54, 1.807) is 0 Å². The number of amides is 2. The van der Waals surface area contributed by atoms with Crippen LogP contribution in [0.5, 0.6) is 0 Å². The van der Waals surface area contributed by atoms with Gasteiger partial charge in [-0.2, -0.15) is 0 Å². The SMILES string of the molecule is CC(=O)N[C@H]1[C@H](OC[C@H]2OC(O)[C@H](NC(C)=O)[C@@H](O[C@@H]3O[C@H](CO)[C@H](O)[C@H](O)[C@H]3O)[C@H]2O)O[C@H](CO)[C@@H](O[C@@H]2O[C@@H](C)[C@@H](O)[C@@H](O)[C@@H]2O)[C@@H]1O. The van der Waals surface area contributed by atoms with Crippen molar-refractivity contribution in [3.8, 4) is 0 Å². The van der Waals surface area contributed by atoms with Crippen LogP contribution in [-0.4, -0.2) is 211 Å². The van der Waals surface area contributed by atoms with E-state index in [9.17, 15) is 65.8 Å². The molecule has 4 heterocycles. The van der Waals surface area contributed by atoms with Crippen LogP contribution in [0.3, 0.4) is 0 Å². The van der Waals surface area contributed by atoms with Gasteiger partial charge >= 0.3 is 0 Å². The molecule has 13 N–H and O–H groups in total. The number of hydrogen-bond acceptors (Lipinski definition) is 20. The van der Waals surface area contributed by atoms with E-state index >= 15 is 0 Å². The van der Waals surface area contributed by atoms with E-state index in [-0.39, 0.29) is 0 Å². The van der Waals surface area contributed by atoms with E-state index in [0.717, 1.165) is 13.8 Å². The van der Waals surface area contributed by atoms with Crippen LogP contribution in [-0.2, 0) is 42.7 Å². The Bertz CT molecular complexity index is 1120. The Balaban J connectivity index is 1.51. The Morgan fingerprint density at radius 2 is 1.08 bits per heavy atom. The van der Waals surface area contributed by atoms with Gasteiger partial charge in [-0.05, 0) is 6.92 Å². The molecule has 0 spiro atoms. The fourth-order valence-electron chi connectivity index (χ4n) is 6.19. The van der Waals surface area contributed by atoms with E-state index in [4.69, 9.17) is 33.2 Å². The first-order chi connectivity index (χ1) is 23.5. The summed E-state index contributed by atoms with van der Waals surface area (Å²) in [7, 11) is 0. The van der Waals surface area contributed by atoms with E-state index in [0.29, 0.717) is 0 Å². The lowest BCUT2D eigenvalue weighted by Gasteiger charge is -2.48. The van der Waals surface area contributed by atoms with Crippen LogP contribution in [0, 0.1) is 0 Å². The van der Waals surface area contributed by atoms with Crippen molar-refractivity contribution in [3.63, 3.8) is 0 Å². The highest BCUT2D eigenvalue weighted by molar-refractivity contribution is 5.73. The zero-order valence-corrected chi connectivity index (χ0v) is 27.3. The quantitative estimate of drug-likeness (QED) is 0.0938. The molecule has 0 bridgehead atoms. The molecular weight excluding hydrogens is 684 g/mol. The summed E-state index contributed by atoms with van der Waals surface area (Å²) < 4.78 is 39.2. The van der Waals surface area contributed by atoms with Crippen LogP contribution in [0.2, 0.25) is 0 Å². The van der Waals surface area contributed by atoms with Crippen molar-refractivity contribution in [2.75, 3.05) is 19.8 Å². The maximum absolute atomic E-state index is 12.1. The molecule has 2 amide bonds. The highest BCUT2D eigenvalue weighted by Crippen LogP contribution is 2.32. The summed E-state index contributed by atoms with van der Waals surface area (Å²) in [5, 5.41) is 119. The first kappa shape index (κ1) is 41.0. The van der Waals surface area contributed by atoms with Gasteiger partial charge in [-0.25, -0.2) is 0 Å². The summed E-state index contributed by atoms with van der Waals surface area (Å²) in [4.78, 5) is 24.0. The monoisotopic (exact) mass is 732 g/mol. The number of ether oxygens (including phenoxy) is 7. The fourth-order valence-corrected chi connectivity index (χ4v) is 6.19. The molecule has 0 aliphatic carbocycles. The average Bonchev–Trinajstić information content (AvgIpc) is 3.06. The Morgan fingerprint density at radius 3 is 1.66 bits per heavy atom. The molecule has 0 aromatic rings. The molecule has 4 aliphatic heterocycles. The van der Waals surface area contributed by atoms with Crippen LogP contribution in [0.25, 0.3) is 0 Å². The summed E-state index contributed by atoms with van der Waals surface area (Å²) in [5.74, 6) is -1.37. The lowest BCUT2D eigenvalue weighted by atomic mass is 9.94. The van der Waals surface area contributed by atoms with E-state index in [2.05, 4.69) is 10.6 Å². The fraction of sp³-hybridized carbons (Fsp3) is 0.929. The van der Waals surface area contributed by atoms with Gasteiger partial charge in [0.05, 0.1) is 25.9 Å². The largest absolute Gasteiger partial charge is 0.394 e. The highest BCUT2D eigenvalue weighted by Gasteiger charge is 2.54. The molecule has 290 valence electrons. The third-order valence-electron chi connectivity index (χ3n) is 8.95. The Hall–Kier alpha value is -1.78. The number of aliphatic hydroxyl groups is 11. The molecule has 0 saturated carbocycles. The Labute approximate surface area is 285 Å². The number of hydrogen-bond donors (Lipinski definition) is 13. The zero-order chi connectivity index (χ0) is 37.2. The molecular formula is C28H48N2O20. The number of rotatable bonds is 11. The molecule has 4 fully saturated rings. The molecule has 0 aromatic heterocycles. The molecule has 0 aromatic carbocycles. The second kappa shape index (κ2) is 17.4. The predicted octanol–water partition coefficient (Wildman–Crippen LogP) is -8.43. The number of carbonyl (C=O) groups is 2. The summed E-state index contributed by atoms with van der Waals surface area (Å²) in [5.41, 5.74) is 0. The second-order valence-electron chi connectivity index (χ2n) is 12.6. The van der Waals surface area contributed by atoms with Gasteiger partial charge in [0.25, 0.3) is 0 Å². The van der Waals surface area contributed by atoms with Crippen LogP contribution in [0.15, 0.2) is 0 Å². The first-order valence-corrected chi connectivity index (χ1v) is 15.9. The summed E-state index contributed by atoms with van der Waals surface area (Å²) in [6, 6.07) is -2.95. The maximum Gasteiger partial charge on any atom is 0.217 e. The van der Waals surface area contributed by atoms with Gasteiger partial charge in [-0.3, -0.25) is 9.59 Å². The average molecular weight is 733 g/mol. The topological polar surface area (TPSA) is 345 Å². The number of aliphatic hydroxyl groups excluding tert-OH is 11. The molecule has 1 unspecified atom stereocenters. The number of carbonyl (C=O) groups excluding carboxylic acids is 2. The zero-order valence-electron chi connectivity index (χ0n) is 27.3. The first-order valence-electron chi connectivity index (χ1n) is 15.9. The highest BCUT2D eigenvalue weighted by atomic mass is 16.7. The minimum atomic E-state index is -1.91. The summed E-state index contributed by atoms with van der Waals surface area (Å²) in [6.07, 6.45) is -29.4. The molecule has 22 heteroatoms. The Morgan fingerprint density at radius 1 is 0.560 bits per heavy atom. The predicted molar refractivity (Wildman–Crippen MR) is 156 cm³/mol. The third-order valence-corrected chi connectivity index (χ3v) is 8.95. The molecule has 4 saturated heterocycles. The molecule has 4 aliphatic rings. The van der Waals surface area contributed by atoms with Gasteiger partial charge in [0.2, 0.25) is 11.8 Å². The van der Waals surface area contributed by atoms with Crippen molar-refractivity contribution in [2.45, 2.75) is 143 Å². The number of nitrogens with one attached hydrogen (secondary N) is 2. The van der Waals surface area contributed by atoms with Gasteiger partial charge in [0.1, 0.15) is 91.4 Å². The van der Waals surface area contributed by atoms with Crippen LogP contribution >= 0.6 is 0 Å². The summed E-state index contributed by atoms with van der Waals surface area (Å²) in [6.45, 7) is 1.31. The summed E-state index contributed by atoms with van der Waals surface area (Å²) >= 11 is 0. The van der Waals surface area contributed by atoms with Crippen LogP contribution in [0.1, 0.15) is 20.8 Å². The third kappa shape index (κ3) is 8.87. The van der Waals surface area contributed by atoms with Gasteiger partial charge < -0.3 is 100.0 Å². The van der Waals surface area contributed by atoms with Crippen molar-refractivity contribution in [1.82, 2.24) is 10.6 Å². The van der Waals surface area contributed by atoms with Gasteiger partial charge in [0.15, 0.2) is 25.2 Å². The van der Waals surface area contributed by atoms with E-state index in [1.807, 2.05) is 0 Å². The molecule has 22 nitrogen and oxygen atoms in total. The van der Waals surface area contributed by atoms with E-state index in [1.165, 1.54) is 6.92 Å². The standard InChI is InChI=1S/C28H48N2O20/c1-7-15(35)19(39)21(41)27(45-7)49-23-11(5-32)48-26(13(18(23)38)29-8(2)33)44-6-12-17(37)24(14(25(43)46-12)30-9(3)34)50-28-22(42)20(40)16(36)10(4-31)47-28/h7,10-28,31-32,35-43H,4-6H2,1-3H3,(H,29,33)(H,30,34)/t7-,10+,11+,12+,13+,14+,15+,16-,17-,18+,19+,20-,21-,22+,23+,24+,25?,26+,27-,28-/m0/s1. The molecule has 20 atom stereocenters. The second-order valence-corrected chi connectivity index (χ2v) is 12.6. The van der Waals surface area contributed by atoms with E-state index < -0.39 is 154 Å². The molecule has 4 rings (SSSR count). The minimum absolute atomic E-state index is 0.677. The maximum atomic E-state index is 12.1. The van der Waals surface area contributed by atoms with Crippen molar-refractivity contribution in [3.05, 3.63) is 0 Å². The van der Waals surface area contributed by atoms with Crippen LogP contribution < -0.4 is 10.6 Å². The van der Waals surface area contributed by atoms with Crippen molar-refractivity contribution >= 4 is 11.8 Å². The van der Waals surface area contributed by atoms with Gasteiger partial charge in [-0.1, -0.05) is 0 Å². The lowest BCUT2D eigenvalue weighted by Crippen LogP contribution is -2.69. The van der Waals surface area contributed by atoms with Gasteiger partial charge in [-0.15, -0.1) is 0 Å². The smallest absolute Gasteiger partial charge is 0.217 e. The van der Waals surface area contributed by atoms with Crippen molar-refractivity contribution < 1.29 is 98.9 Å². The van der Waals surface area contributed by atoms with Crippen LogP contribution in [0.4, 0.5) is 0 Å². The van der Waals surface area contributed by atoms with Gasteiger partial charge in [0, 0.05) is 13.8 Å². The lowest BCUT2D eigenvalue weighted by molar-refractivity contribution is -0.354. The minimum Gasteiger partial charge on any atom is -0.394 e. The van der Waals surface area contributed by atoms with Crippen molar-refractivity contribution in [1.29, 1.82) is 0 Å². The molecule has 50 heavy (non-hydrogen) atoms. The Kier molecular flexibility index (Phi) is 14.2. The molecule has 0 radical (unpaired) electrons.